The lowest BCUT2D eigenvalue weighted by Gasteiger charge is -2.07. The van der Waals surface area contributed by atoms with Crippen LogP contribution in [0.1, 0.15) is 16.8 Å². The van der Waals surface area contributed by atoms with Gasteiger partial charge in [-0.1, -0.05) is 24.3 Å². The van der Waals surface area contributed by atoms with Gasteiger partial charge in [-0.2, -0.15) is 13.2 Å². The maximum absolute atomic E-state index is 12.2. The molecule has 0 aliphatic rings. The Bertz CT molecular complexity index is 1090. The molecule has 0 atom stereocenters. The van der Waals surface area contributed by atoms with Crippen molar-refractivity contribution in [2.24, 2.45) is 0 Å². The van der Waals surface area contributed by atoms with Gasteiger partial charge in [0.05, 0.1) is 12.0 Å². The number of fused-ring (bicyclic) bond motifs is 3. The predicted molar refractivity (Wildman–Crippen MR) is 106 cm³/mol. The van der Waals surface area contributed by atoms with Gasteiger partial charge in [0, 0.05) is 21.2 Å². The fourth-order valence-electron chi connectivity index (χ4n) is 3.18. The normalized spacial score (nSPS) is 11.8. The van der Waals surface area contributed by atoms with Crippen LogP contribution in [0.2, 0.25) is 0 Å². The molecule has 4 aromatic rings. The van der Waals surface area contributed by atoms with Crippen molar-refractivity contribution in [3.8, 4) is 4.90 Å². The molecule has 0 amide bonds. The zero-order valence-corrected chi connectivity index (χ0v) is 15.5. The van der Waals surface area contributed by atoms with Crippen LogP contribution in [0.3, 0.4) is 0 Å². The Hall–Kier alpha value is -2.86. The summed E-state index contributed by atoms with van der Waals surface area (Å²) in [5.41, 5.74) is 0.246. The van der Waals surface area contributed by atoms with Gasteiger partial charge < -0.3 is 4.74 Å². The van der Waals surface area contributed by atoms with Gasteiger partial charge in [0.15, 0.2) is 14.3 Å². The number of hydrogen-bond donors (Lipinski definition) is 0. The van der Waals surface area contributed by atoms with Crippen LogP contribution in [0.4, 0.5) is 13.2 Å². The molecule has 6 heteroatoms. The highest BCUT2D eigenvalue weighted by Gasteiger charge is 2.27. The Morgan fingerprint density at radius 2 is 1.36 bits per heavy atom. The fourth-order valence-corrected chi connectivity index (χ4v) is 5.55. The van der Waals surface area contributed by atoms with Gasteiger partial charge in [-0.15, -0.1) is 0 Å². The molecule has 0 bridgehead atoms. The van der Waals surface area contributed by atoms with Crippen molar-refractivity contribution in [2.45, 2.75) is 12.6 Å². The van der Waals surface area contributed by atoms with Crippen LogP contribution in [0.15, 0.2) is 72.8 Å². The van der Waals surface area contributed by atoms with Crippen molar-refractivity contribution >= 4 is 36.6 Å². The van der Waals surface area contributed by atoms with Crippen LogP contribution < -0.4 is 0 Å². The quantitative estimate of drug-likeness (QED) is 0.276. The fraction of sp³-hybridized carbons (Fsp3) is 0.136. The van der Waals surface area contributed by atoms with E-state index in [1.54, 1.807) is 12.1 Å². The summed E-state index contributed by atoms with van der Waals surface area (Å²) in [7, 11) is -0.280. The van der Waals surface area contributed by atoms with Crippen molar-refractivity contribution < 1.29 is 22.7 Å². The van der Waals surface area contributed by atoms with E-state index in [-0.39, 0.29) is 16.0 Å². The molecule has 0 saturated carbocycles. The summed E-state index contributed by atoms with van der Waals surface area (Å²) in [4.78, 5) is 13.0. The van der Waals surface area contributed by atoms with Crippen LogP contribution in [0, 0.1) is 0 Å². The highest BCUT2D eigenvalue weighted by molar-refractivity contribution is 7.50. The third-order valence-electron chi connectivity index (χ3n) is 4.45. The van der Waals surface area contributed by atoms with Gasteiger partial charge in [-0.05, 0) is 48.5 Å². The molecular weight excluding hydrogens is 385 g/mol. The number of benzene rings is 3. The Kier molecular flexibility index (Phi) is 4.81. The monoisotopic (exact) mass is 401 g/mol. The van der Waals surface area contributed by atoms with E-state index < -0.39 is 25.2 Å². The van der Waals surface area contributed by atoms with Crippen LogP contribution in [0.5, 0.6) is 0 Å². The van der Waals surface area contributed by atoms with E-state index >= 15 is 0 Å². The van der Waals surface area contributed by atoms with Gasteiger partial charge in [-0.3, -0.25) is 0 Å². The number of carbonyl (C=O) groups is 1. The van der Waals surface area contributed by atoms with E-state index in [2.05, 4.69) is 24.3 Å². The van der Waals surface area contributed by atoms with Gasteiger partial charge in [0.2, 0.25) is 0 Å². The minimum atomic E-state index is -4.34. The summed E-state index contributed by atoms with van der Waals surface area (Å²) in [6.45, 7) is -0.671. The van der Waals surface area contributed by atoms with E-state index in [4.69, 9.17) is 4.74 Å². The lowest BCUT2D eigenvalue weighted by Crippen LogP contribution is -2.14. The largest absolute Gasteiger partial charge is 0.462 e. The van der Waals surface area contributed by atoms with Crippen molar-refractivity contribution in [3.63, 3.8) is 0 Å². The van der Waals surface area contributed by atoms with Crippen LogP contribution in [-0.2, 0) is 4.74 Å². The lowest BCUT2D eigenvalue weighted by molar-refractivity contribution is -0.141. The second-order valence-corrected chi connectivity index (χ2v) is 8.29. The maximum atomic E-state index is 12.2. The summed E-state index contributed by atoms with van der Waals surface area (Å²) < 4.78 is 43.7. The Labute approximate surface area is 162 Å². The molecular formula is C22H16F3O2S+. The first kappa shape index (κ1) is 18.5. The third-order valence-corrected chi connectivity index (χ3v) is 6.78. The van der Waals surface area contributed by atoms with E-state index in [0.717, 1.165) is 4.90 Å². The number of ether oxygens (including phenoxy) is 1. The number of rotatable bonds is 4. The standard InChI is InChI=1S/C22H16F3O2S/c23-22(24,25)13-14-27-21(26)15-9-11-16(12-10-15)28-19-7-3-1-5-17(19)18-6-2-4-8-20(18)28/h1-12H,13-14H2/q+1. The number of hydrogen-bond acceptors (Lipinski definition) is 2. The molecule has 0 radical (unpaired) electrons. The molecule has 1 aromatic heterocycles. The van der Waals surface area contributed by atoms with Gasteiger partial charge >= 0.3 is 12.1 Å². The molecule has 0 fully saturated rings. The molecule has 0 aliphatic heterocycles. The van der Waals surface area contributed by atoms with E-state index in [1.165, 1.54) is 20.2 Å². The number of esters is 1. The average molecular weight is 401 g/mol. The summed E-state index contributed by atoms with van der Waals surface area (Å²) >= 11 is 0. The van der Waals surface area contributed by atoms with Crippen LogP contribution >= 0.6 is 10.5 Å². The second-order valence-electron chi connectivity index (χ2n) is 6.32. The van der Waals surface area contributed by atoms with Crippen molar-refractivity contribution in [1.29, 1.82) is 0 Å². The SMILES string of the molecule is O=C(OCCC(F)(F)F)c1ccc(-[s+]2c3ccccc3c3ccccc32)cc1. The molecule has 3 aromatic carbocycles. The van der Waals surface area contributed by atoms with Crippen molar-refractivity contribution in [3.05, 3.63) is 78.4 Å². The summed E-state index contributed by atoms with van der Waals surface area (Å²) in [5, 5.41) is 2.41. The van der Waals surface area contributed by atoms with E-state index in [9.17, 15) is 18.0 Å². The molecule has 0 N–H and O–H groups in total. The maximum Gasteiger partial charge on any atom is 0.392 e. The molecule has 0 unspecified atom stereocenters. The summed E-state index contributed by atoms with van der Waals surface area (Å²) in [6.07, 6.45) is -5.48. The highest BCUT2D eigenvalue weighted by atomic mass is 32.2. The minimum absolute atomic E-state index is 0.246. The molecule has 0 saturated heterocycles. The number of halogens is 3. The smallest absolute Gasteiger partial charge is 0.392 e. The summed E-state index contributed by atoms with van der Waals surface area (Å²) in [5.74, 6) is -0.744. The molecule has 142 valence electrons. The first-order valence-corrected chi connectivity index (χ1v) is 9.93. The first-order chi connectivity index (χ1) is 13.4. The number of thiophene rings is 1. The van der Waals surface area contributed by atoms with E-state index in [0.29, 0.717) is 0 Å². The molecule has 28 heavy (non-hydrogen) atoms. The average Bonchev–Trinajstić information content (AvgIpc) is 3.02. The molecule has 0 spiro atoms. The molecule has 4 rings (SSSR count). The Morgan fingerprint density at radius 1 is 0.821 bits per heavy atom. The zero-order chi connectivity index (χ0) is 19.7. The highest BCUT2D eigenvalue weighted by Crippen LogP contribution is 2.48. The van der Waals surface area contributed by atoms with Crippen LogP contribution in [0.25, 0.3) is 25.1 Å². The van der Waals surface area contributed by atoms with E-state index in [1.807, 2.05) is 36.4 Å². The van der Waals surface area contributed by atoms with Crippen LogP contribution in [-0.4, -0.2) is 18.8 Å². The van der Waals surface area contributed by atoms with Gasteiger partial charge in [0.1, 0.15) is 6.61 Å². The predicted octanol–water partition coefficient (Wildman–Crippen LogP) is 6.84. The zero-order valence-electron chi connectivity index (χ0n) is 14.7. The second kappa shape index (κ2) is 7.28. The topological polar surface area (TPSA) is 26.3 Å². The lowest BCUT2D eigenvalue weighted by atomic mass is 10.2. The van der Waals surface area contributed by atoms with Crippen molar-refractivity contribution in [2.75, 3.05) is 6.61 Å². The molecule has 0 aliphatic carbocycles. The molecule has 2 nitrogen and oxygen atoms in total. The van der Waals surface area contributed by atoms with Crippen molar-refractivity contribution in [1.82, 2.24) is 0 Å². The van der Waals surface area contributed by atoms with Gasteiger partial charge in [-0.25, -0.2) is 4.79 Å². The molecule has 1 heterocycles. The first-order valence-electron chi connectivity index (χ1n) is 8.71. The minimum Gasteiger partial charge on any atom is -0.462 e. The Morgan fingerprint density at radius 3 is 1.89 bits per heavy atom. The summed E-state index contributed by atoms with van der Waals surface area (Å²) in [6, 6.07) is 23.4. The number of carbonyl (C=O) groups excluding carboxylic acids is 1. The van der Waals surface area contributed by atoms with Gasteiger partial charge in [0.25, 0.3) is 0 Å². The Balaban J connectivity index is 1.65. The number of alkyl halides is 3. The third kappa shape index (κ3) is 3.60.